The van der Waals surface area contributed by atoms with Crippen LogP contribution in [0.5, 0.6) is 5.75 Å². The van der Waals surface area contributed by atoms with Crippen molar-refractivity contribution in [1.29, 1.82) is 0 Å². The molecule has 5 N–H and O–H groups in total. The van der Waals surface area contributed by atoms with Gasteiger partial charge in [0.15, 0.2) is 0 Å². The number of phenolic OH excluding ortho intramolecular Hbond substituents is 1. The molecule has 2 aromatic carbocycles. The molecule has 0 saturated heterocycles. The number of rotatable bonds is 9. The van der Waals surface area contributed by atoms with Crippen molar-refractivity contribution in [3.8, 4) is 5.75 Å². The van der Waals surface area contributed by atoms with Crippen LogP contribution in [0.2, 0.25) is 0 Å². The fourth-order valence-corrected chi connectivity index (χ4v) is 2.80. The Morgan fingerprint density at radius 1 is 0.967 bits per heavy atom. The van der Waals surface area contributed by atoms with Gasteiger partial charge in [0.2, 0.25) is 11.8 Å². The minimum absolute atomic E-state index is 0.0517. The van der Waals surface area contributed by atoms with Crippen molar-refractivity contribution in [3.63, 3.8) is 0 Å². The largest absolute Gasteiger partial charge is 0.508 e. The van der Waals surface area contributed by atoms with Gasteiger partial charge < -0.3 is 26.2 Å². The van der Waals surface area contributed by atoms with E-state index in [2.05, 4.69) is 10.6 Å². The van der Waals surface area contributed by atoms with Gasteiger partial charge in [-0.25, -0.2) is 4.79 Å². The first-order valence-corrected chi connectivity index (χ1v) is 9.61. The number of hydrogen-bond donors (Lipinski definition) is 4. The number of nitrogens with two attached hydrogens (primary N) is 1. The Hall–Kier alpha value is -3.55. The second kappa shape index (κ2) is 10.8. The van der Waals surface area contributed by atoms with Crippen LogP contribution in [0.3, 0.4) is 0 Å². The number of ether oxygens (including phenoxy) is 1. The smallest absolute Gasteiger partial charge is 0.408 e. The first-order valence-electron chi connectivity index (χ1n) is 9.61. The van der Waals surface area contributed by atoms with Gasteiger partial charge in [0.05, 0.1) is 0 Å². The number of hydrogen-bond acceptors (Lipinski definition) is 5. The number of benzene rings is 2. The summed E-state index contributed by atoms with van der Waals surface area (Å²) in [6.07, 6.45) is -0.631. The standard InChI is InChI=1S/C22H27N3O5/c1-14(2)19(20(23)27)25-21(28)18(12-15-8-10-17(26)11-9-15)24-22(29)30-13-16-6-4-3-5-7-16/h3-11,14,18-19,26H,12-13H2,1-2H3,(H2,23,27)(H,24,29)(H,25,28)/t18-,19-/m0/s1. The number of carbonyl (C=O) groups is 3. The monoisotopic (exact) mass is 413 g/mol. The predicted molar refractivity (Wildman–Crippen MR) is 111 cm³/mol. The molecule has 0 aliphatic heterocycles. The van der Waals surface area contributed by atoms with Gasteiger partial charge in [-0.1, -0.05) is 56.3 Å². The van der Waals surface area contributed by atoms with E-state index in [1.807, 2.05) is 30.3 Å². The van der Waals surface area contributed by atoms with E-state index in [4.69, 9.17) is 10.5 Å². The van der Waals surface area contributed by atoms with Crippen LogP contribution >= 0.6 is 0 Å². The van der Waals surface area contributed by atoms with E-state index < -0.39 is 30.0 Å². The fraction of sp³-hybridized carbons (Fsp3) is 0.318. The van der Waals surface area contributed by atoms with E-state index in [1.165, 1.54) is 12.1 Å². The molecule has 0 fully saturated rings. The van der Waals surface area contributed by atoms with Crippen LogP contribution in [0.25, 0.3) is 0 Å². The van der Waals surface area contributed by atoms with Crippen molar-refractivity contribution >= 4 is 17.9 Å². The fourth-order valence-electron chi connectivity index (χ4n) is 2.80. The SMILES string of the molecule is CC(C)[C@H](NC(=O)[C@H](Cc1ccc(O)cc1)NC(=O)OCc1ccccc1)C(N)=O. The number of nitrogens with one attached hydrogen (secondary N) is 2. The lowest BCUT2D eigenvalue weighted by Crippen LogP contribution is -2.55. The lowest BCUT2D eigenvalue weighted by Gasteiger charge is -2.24. The zero-order valence-corrected chi connectivity index (χ0v) is 17.0. The Morgan fingerprint density at radius 3 is 2.17 bits per heavy atom. The second-order valence-corrected chi connectivity index (χ2v) is 7.26. The molecule has 8 nitrogen and oxygen atoms in total. The maximum absolute atomic E-state index is 12.8. The summed E-state index contributed by atoms with van der Waals surface area (Å²) >= 11 is 0. The van der Waals surface area contributed by atoms with E-state index >= 15 is 0 Å². The normalized spacial score (nSPS) is 12.6. The molecule has 2 atom stereocenters. The third-order valence-electron chi connectivity index (χ3n) is 4.47. The van der Waals surface area contributed by atoms with Crippen molar-refractivity contribution in [2.24, 2.45) is 11.7 Å². The highest BCUT2D eigenvalue weighted by molar-refractivity contribution is 5.91. The highest BCUT2D eigenvalue weighted by Gasteiger charge is 2.28. The molecule has 0 saturated carbocycles. The summed E-state index contributed by atoms with van der Waals surface area (Å²) in [5.41, 5.74) is 6.89. The zero-order valence-electron chi connectivity index (χ0n) is 17.0. The molecule has 0 aromatic heterocycles. The highest BCUT2D eigenvalue weighted by Crippen LogP contribution is 2.12. The van der Waals surface area contributed by atoms with Crippen molar-refractivity contribution in [2.45, 2.75) is 39.0 Å². The van der Waals surface area contributed by atoms with Crippen LogP contribution in [-0.2, 0) is 27.4 Å². The van der Waals surface area contributed by atoms with Gasteiger partial charge in [-0.15, -0.1) is 0 Å². The van der Waals surface area contributed by atoms with Crippen molar-refractivity contribution in [3.05, 3.63) is 65.7 Å². The maximum atomic E-state index is 12.8. The average Bonchev–Trinajstić information content (AvgIpc) is 2.71. The molecule has 0 bridgehead atoms. The Labute approximate surface area is 175 Å². The molecule has 2 aromatic rings. The van der Waals surface area contributed by atoms with Gasteiger partial charge >= 0.3 is 6.09 Å². The minimum atomic E-state index is -1.00. The topological polar surface area (TPSA) is 131 Å². The lowest BCUT2D eigenvalue weighted by molar-refractivity contribution is -0.129. The van der Waals surface area contributed by atoms with E-state index in [1.54, 1.807) is 26.0 Å². The molecule has 0 radical (unpaired) electrons. The molecule has 2 rings (SSSR count). The van der Waals surface area contributed by atoms with E-state index in [0.29, 0.717) is 5.56 Å². The summed E-state index contributed by atoms with van der Waals surface area (Å²) in [6, 6.07) is 13.5. The third-order valence-corrected chi connectivity index (χ3v) is 4.47. The molecule has 0 spiro atoms. The van der Waals surface area contributed by atoms with Crippen molar-refractivity contribution < 1.29 is 24.2 Å². The number of primary amides is 1. The Bertz CT molecular complexity index is 853. The van der Waals surface area contributed by atoms with Crippen LogP contribution in [0.1, 0.15) is 25.0 Å². The summed E-state index contributed by atoms with van der Waals surface area (Å²) in [5.74, 6) is -1.35. The van der Waals surface area contributed by atoms with Crippen LogP contribution in [0, 0.1) is 5.92 Å². The van der Waals surface area contributed by atoms with Crippen LogP contribution < -0.4 is 16.4 Å². The predicted octanol–water partition coefficient (Wildman–Crippen LogP) is 1.86. The van der Waals surface area contributed by atoms with Gasteiger partial charge in [-0.3, -0.25) is 9.59 Å². The molecular weight excluding hydrogens is 386 g/mol. The van der Waals surface area contributed by atoms with E-state index in [-0.39, 0.29) is 24.7 Å². The first kappa shape index (κ1) is 22.7. The number of alkyl carbamates (subject to hydrolysis) is 1. The summed E-state index contributed by atoms with van der Waals surface area (Å²) < 4.78 is 5.20. The molecule has 30 heavy (non-hydrogen) atoms. The molecule has 0 aliphatic rings. The van der Waals surface area contributed by atoms with E-state index in [9.17, 15) is 19.5 Å². The van der Waals surface area contributed by atoms with Gasteiger partial charge in [0.1, 0.15) is 24.4 Å². The highest BCUT2D eigenvalue weighted by atomic mass is 16.5. The molecule has 160 valence electrons. The molecule has 8 heteroatoms. The summed E-state index contributed by atoms with van der Waals surface area (Å²) in [7, 11) is 0. The summed E-state index contributed by atoms with van der Waals surface area (Å²) in [6.45, 7) is 3.56. The minimum Gasteiger partial charge on any atom is -0.508 e. The van der Waals surface area contributed by atoms with Crippen LogP contribution in [-0.4, -0.2) is 35.1 Å². The molecule has 3 amide bonds. The first-order chi connectivity index (χ1) is 14.3. The Kier molecular flexibility index (Phi) is 8.22. The molecule has 0 unspecified atom stereocenters. The van der Waals surface area contributed by atoms with Gasteiger partial charge in [-0.05, 0) is 29.2 Å². The average molecular weight is 413 g/mol. The van der Waals surface area contributed by atoms with Crippen molar-refractivity contribution in [2.75, 3.05) is 0 Å². The molecular formula is C22H27N3O5. The van der Waals surface area contributed by atoms with Gasteiger partial charge in [0.25, 0.3) is 0 Å². The van der Waals surface area contributed by atoms with E-state index in [0.717, 1.165) is 5.56 Å². The van der Waals surface area contributed by atoms with Gasteiger partial charge in [-0.2, -0.15) is 0 Å². The number of phenols is 1. The van der Waals surface area contributed by atoms with Crippen LogP contribution in [0.15, 0.2) is 54.6 Å². The number of carbonyl (C=O) groups excluding carboxylic acids is 3. The van der Waals surface area contributed by atoms with Gasteiger partial charge in [0, 0.05) is 6.42 Å². The summed E-state index contributed by atoms with van der Waals surface area (Å²) in [5, 5.41) is 14.6. The summed E-state index contributed by atoms with van der Waals surface area (Å²) in [4.78, 5) is 36.7. The number of aromatic hydroxyl groups is 1. The molecule has 0 aliphatic carbocycles. The Balaban J connectivity index is 2.09. The quantitative estimate of drug-likeness (QED) is 0.498. The lowest BCUT2D eigenvalue weighted by atomic mass is 10.0. The van der Waals surface area contributed by atoms with Crippen LogP contribution in [0.4, 0.5) is 4.79 Å². The molecule has 0 heterocycles. The second-order valence-electron chi connectivity index (χ2n) is 7.26. The Morgan fingerprint density at radius 2 is 1.60 bits per heavy atom. The number of amides is 3. The third kappa shape index (κ3) is 7.12. The van der Waals surface area contributed by atoms with Crippen molar-refractivity contribution in [1.82, 2.24) is 10.6 Å². The zero-order chi connectivity index (χ0) is 22.1. The maximum Gasteiger partial charge on any atom is 0.408 e.